The molecule has 0 aromatic heterocycles. The molecule has 2 N–H and O–H groups in total. The van der Waals surface area contributed by atoms with Gasteiger partial charge in [0, 0.05) is 17.2 Å². The van der Waals surface area contributed by atoms with E-state index in [-0.39, 0.29) is 22.3 Å². The Balaban J connectivity index is 1.78. The predicted molar refractivity (Wildman–Crippen MR) is 120 cm³/mol. The van der Waals surface area contributed by atoms with Crippen LogP contribution < -0.4 is 10.5 Å². The Hall–Kier alpha value is -2.74. The van der Waals surface area contributed by atoms with Crippen LogP contribution >= 0.6 is 0 Å². The van der Waals surface area contributed by atoms with Crippen LogP contribution in [0.3, 0.4) is 0 Å². The van der Waals surface area contributed by atoms with Crippen LogP contribution in [0.4, 0.5) is 5.69 Å². The van der Waals surface area contributed by atoms with Crippen LogP contribution in [-0.4, -0.2) is 6.10 Å². The van der Waals surface area contributed by atoms with Gasteiger partial charge in [0.05, 0.1) is 5.41 Å². The Kier molecular flexibility index (Phi) is 3.71. The Bertz CT molecular complexity index is 1080. The second-order valence-corrected chi connectivity index (χ2v) is 9.92. The van der Waals surface area contributed by atoms with Gasteiger partial charge in [-0.3, -0.25) is 0 Å². The summed E-state index contributed by atoms with van der Waals surface area (Å²) in [6.45, 7) is 9.38. The predicted octanol–water partition coefficient (Wildman–Crippen LogP) is 5.98. The molecule has 148 valence electrons. The second-order valence-electron chi connectivity index (χ2n) is 9.92. The van der Waals surface area contributed by atoms with E-state index in [2.05, 4.69) is 76.2 Å². The maximum Gasteiger partial charge on any atom is 0.121 e. The molecule has 2 aliphatic carbocycles. The number of nitrogen functional groups attached to an aromatic ring is 1. The van der Waals surface area contributed by atoms with E-state index >= 15 is 0 Å². The summed E-state index contributed by atoms with van der Waals surface area (Å²) in [5.74, 6) is 0.845. The number of fused-ring (bicyclic) bond motifs is 4. The molecule has 0 bridgehead atoms. The van der Waals surface area contributed by atoms with Crippen molar-refractivity contribution in [2.45, 2.75) is 56.5 Å². The fourth-order valence-corrected chi connectivity index (χ4v) is 6.13. The van der Waals surface area contributed by atoms with E-state index in [0.717, 1.165) is 17.9 Å². The standard InChI is InChI=1S/C27H29NO/c1-25(2)17-27(22-14-7-5-12-20(22)25)23-15-8-6-13-21(23)26(3,4)24(27)29-19-11-9-10-18(28)16-19/h5-16,24H,17,28H2,1-4H3. The zero-order chi connectivity index (χ0) is 20.4. The normalized spacial score (nSPS) is 25.6. The van der Waals surface area contributed by atoms with E-state index in [1.807, 2.05) is 24.3 Å². The van der Waals surface area contributed by atoms with Crippen LogP contribution in [0.15, 0.2) is 72.8 Å². The summed E-state index contributed by atoms with van der Waals surface area (Å²) in [6.07, 6.45) is 1.02. The molecule has 0 heterocycles. The summed E-state index contributed by atoms with van der Waals surface area (Å²) in [5, 5.41) is 0. The van der Waals surface area contributed by atoms with Crippen LogP contribution in [0.5, 0.6) is 5.75 Å². The van der Waals surface area contributed by atoms with E-state index in [9.17, 15) is 0 Å². The van der Waals surface area contributed by atoms with Gasteiger partial charge in [0.15, 0.2) is 0 Å². The van der Waals surface area contributed by atoms with E-state index in [1.54, 1.807) is 0 Å². The zero-order valence-electron chi connectivity index (χ0n) is 17.7. The first-order chi connectivity index (χ1) is 13.8. The van der Waals surface area contributed by atoms with Gasteiger partial charge in [-0.15, -0.1) is 0 Å². The quantitative estimate of drug-likeness (QED) is 0.553. The highest BCUT2D eigenvalue weighted by Gasteiger charge is 2.63. The van der Waals surface area contributed by atoms with Gasteiger partial charge in [0.25, 0.3) is 0 Å². The molecule has 0 fully saturated rings. The van der Waals surface area contributed by atoms with Crippen LogP contribution in [0.1, 0.15) is 56.4 Å². The van der Waals surface area contributed by atoms with E-state index in [4.69, 9.17) is 10.5 Å². The highest BCUT2D eigenvalue weighted by atomic mass is 16.5. The topological polar surface area (TPSA) is 35.2 Å². The smallest absolute Gasteiger partial charge is 0.121 e. The minimum atomic E-state index is -0.176. The van der Waals surface area contributed by atoms with Crippen LogP contribution in [-0.2, 0) is 16.2 Å². The molecule has 0 amide bonds. The molecule has 5 rings (SSSR count). The van der Waals surface area contributed by atoms with E-state index in [0.29, 0.717) is 0 Å². The molecule has 0 aliphatic heterocycles. The van der Waals surface area contributed by atoms with Gasteiger partial charge in [0.2, 0.25) is 0 Å². The summed E-state index contributed by atoms with van der Waals surface area (Å²) >= 11 is 0. The maximum atomic E-state index is 6.86. The second kappa shape index (κ2) is 5.89. The molecule has 0 radical (unpaired) electrons. The summed E-state index contributed by atoms with van der Waals surface area (Å²) in [4.78, 5) is 0. The molecule has 2 nitrogen and oxygen atoms in total. The highest BCUT2D eigenvalue weighted by Crippen LogP contribution is 2.63. The average Bonchev–Trinajstić information content (AvgIpc) is 3.04. The Labute approximate surface area is 173 Å². The third kappa shape index (κ3) is 2.41. The van der Waals surface area contributed by atoms with Gasteiger partial charge in [0.1, 0.15) is 11.9 Å². The molecule has 1 spiro atoms. The number of ether oxygens (including phenoxy) is 1. The zero-order valence-corrected chi connectivity index (χ0v) is 17.7. The summed E-state index contributed by atoms with van der Waals surface area (Å²) < 4.78 is 6.86. The molecule has 2 aliphatic rings. The Morgan fingerprint density at radius 1 is 0.759 bits per heavy atom. The number of nitrogens with two attached hydrogens (primary N) is 1. The number of hydrogen-bond acceptors (Lipinski definition) is 2. The van der Waals surface area contributed by atoms with Crippen molar-refractivity contribution in [1.29, 1.82) is 0 Å². The van der Waals surface area contributed by atoms with Crippen LogP contribution in [0.25, 0.3) is 0 Å². The molecular weight excluding hydrogens is 354 g/mol. The number of rotatable bonds is 2. The van der Waals surface area contributed by atoms with Gasteiger partial charge in [-0.05, 0) is 46.2 Å². The summed E-state index contributed by atoms with van der Waals surface area (Å²) in [7, 11) is 0. The molecule has 2 unspecified atom stereocenters. The molecule has 2 atom stereocenters. The number of benzene rings is 3. The molecule has 0 saturated carbocycles. The summed E-state index contributed by atoms with van der Waals surface area (Å²) in [6, 6.07) is 25.7. The van der Waals surface area contributed by atoms with Crippen molar-refractivity contribution in [3.05, 3.63) is 95.1 Å². The van der Waals surface area contributed by atoms with Crippen molar-refractivity contribution in [3.8, 4) is 5.75 Å². The molecule has 29 heavy (non-hydrogen) atoms. The van der Waals surface area contributed by atoms with Gasteiger partial charge in [-0.2, -0.15) is 0 Å². The Morgan fingerprint density at radius 3 is 2.00 bits per heavy atom. The van der Waals surface area contributed by atoms with Crippen LogP contribution in [0, 0.1) is 0 Å². The lowest BCUT2D eigenvalue weighted by atomic mass is 9.70. The fraction of sp³-hybridized carbons (Fsp3) is 0.333. The molecule has 3 aromatic carbocycles. The van der Waals surface area contributed by atoms with Crippen molar-refractivity contribution in [2.24, 2.45) is 0 Å². The first-order valence-electron chi connectivity index (χ1n) is 10.5. The lowest BCUT2D eigenvalue weighted by Crippen LogP contribution is -2.47. The number of anilines is 1. The van der Waals surface area contributed by atoms with Gasteiger partial charge in [-0.1, -0.05) is 82.3 Å². The highest BCUT2D eigenvalue weighted by molar-refractivity contribution is 5.62. The third-order valence-corrected chi connectivity index (χ3v) is 7.17. The molecule has 3 aromatic rings. The first kappa shape index (κ1) is 18.3. The van der Waals surface area contributed by atoms with Crippen LogP contribution in [0.2, 0.25) is 0 Å². The van der Waals surface area contributed by atoms with Crippen molar-refractivity contribution >= 4 is 5.69 Å². The fourth-order valence-electron chi connectivity index (χ4n) is 6.13. The minimum Gasteiger partial charge on any atom is -0.488 e. The average molecular weight is 384 g/mol. The molecule has 0 saturated heterocycles. The molecular formula is C27H29NO. The largest absolute Gasteiger partial charge is 0.488 e. The first-order valence-corrected chi connectivity index (χ1v) is 10.5. The van der Waals surface area contributed by atoms with Crippen molar-refractivity contribution in [1.82, 2.24) is 0 Å². The summed E-state index contributed by atoms with van der Waals surface area (Å²) in [5.41, 5.74) is 12.2. The SMILES string of the molecule is CC1(C)CC2(c3ccccc31)c1ccccc1C(C)(C)C2Oc1cccc(N)c1. The third-order valence-electron chi connectivity index (χ3n) is 7.17. The lowest BCUT2D eigenvalue weighted by molar-refractivity contribution is 0.0764. The van der Waals surface area contributed by atoms with Crippen molar-refractivity contribution in [2.75, 3.05) is 5.73 Å². The monoisotopic (exact) mass is 383 g/mol. The van der Waals surface area contributed by atoms with Gasteiger partial charge < -0.3 is 10.5 Å². The number of hydrogen-bond donors (Lipinski definition) is 1. The van der Waals surface area contributed by atoms with E-state index < -0.39 is 0 Å². The van der Waals surface area contributed by atoms with Gasteiger partial charge in [-0.25, -0.2) is 0 Å². The maximum absolute atomic E-state index is 6.86. The van der Waals surface area contributed by atoms with Crippen molar-refractivity contribution < 1.29 is 4.74 Å². The lowest BCUT2D eigenvalue weighted by Gasteiger charge is -2.40. The molecule has 2 heteroatoms. The Morgan fingerprint density at radius 2 is 1.34 bits per heavy atom. The van der Waals surface area contributed by atoms with Gasteiger partial charge >= 0.3 is 0 Å². The van der Waals surface area contributed by atoms with Crippen molar-refractivity contribution in [3.63, 3.8) is 0 Å². The minimum absolute atomic E-state index is 0.0166. The van der Waals surface area contributed by atoms with E-state index in [1.165, 1.54) is 22.3 Å².